The average Bonchev–Trinajstić information content (AvgIpc) is 3.43. The van der Waals surface area contributed by atoms with Gasteiger partial charge in [0.2, 0.25) is 0 Å². The van der Waals surface area contributed by atoms with Crippen LogP contribution < -0.4 is 9.47 Å². The number of aromatic carboxylic acids is 1. The quantitative estimate of drug-likeness (QED) is 0.265. The van der Waals surface area contributed by atoms with Gasteiger partial charge in [-0.05, 0) is 58.0 Å². The van der Waals surface area contributed by atoms with Gasteiger partial charge in [-0.1, -0.05) is 11.2 Å². The molecule has 0 aliphatic carbocycles. The normalized spacial score (nSPS) is 11.2. The molecule has 194 valence electrons. The second-order valence-electron chi connectivity index (χ2n) is 8.81. The van der Waals surface area contributed by atoms with Gasteiger partial charge in [0.05, 0.1) is 35.5 Å². The minimum absolute atomic E-state index is 0.0837. The maximum Gasteiger partial charge on any atom is 0.335 e. The molecule has 9 nitrogen and oxygen atoms in total. The highest BCUT2D eigenvalue weighted by Gasteiger charge is 2.23. The highest BCUT2D eigenvalue weighted by Crippen LogP contribution is 2.39. The predicted octanol–water partition coefficient (Wildman–Crippen LogP) is 5.78. The van der Waals surface area contributed by atoms with E-state index in [1.807, 2.05) is 68.9 Å². The molecule has 1 N–H and O–H groups in total. The number of rotatable bonds is 9. The van der Waals surface area contributed by atoms with E-state index in [0.717, 1.165) is 39.1 Å². The molecule has 5 rings (SSSR count). The lowest BCUT2D eigenvalue weighted by Gasteiger charge is -2.18. The van der Waals surface area contributed by atoms with Gasteiger partial charge < -0.3 is 23.7 Å². The molecule has 0 radical (unpaired) electrons. The zero-order valence-corrected chi connectivity index (χ0v) is 21.7. The molecule has 4 aromatic heterocycles. The summed E-state index contributed by atoms with van der Waals surface area (Å²) in [5.74, 6) is 0.445. The van der Waals surface area contributed by atoms with Crippen LogP contribution in [-0.4, -0.2) is 44.0 Å². The van der Waals surface area contributed by atoms with Crippen molar-refractivity contribution in [3.63, 3.8) is 0 Å². The summed E-state index contributed by atoms with van der Waals surface area (Å²) in [7, 11) is 0. The number of carboxylic acids is 1. The fourth-order valence-electron chi connectivity index (χ4n) is 4.69. The highest BCUT2D eigenvalue weighted by atomic mass is 16.5. The SMILES string of the molecule is CCOc1cc(C(=O)O)cc(OCC)c1-n1cc(Cc2ccccn2)c2ncc(-c3c(C)noc3C)cc21. The van der Waals surface area contributed by atoms with Crippen molar-refractivity contribution in [2.75, 3.05) is 13.2 Å². The zero-order chi connectivity index (χ0) is 26.8. The van der Waals surface area contributed by atoms with Crippen LogP contribution in [-0.2, 0) is 6.42 Å². The van der Waals surface area contributed by atoms with Crippen molar-refractivity contribution in [1.82, 2.24) is 19.7 Å². The number of nitrogens with zero attached hydrogens (tertiary/aromatic N) is 4. The van der Waals surface area contributed by atoms with Gasteiger partial charge in [-0.3, -0.25) is 9.97 Å². The number of carboxylic acid groups (broad SMARTS) is 1. The highest BCUT2D eigenvalue weighted by molar-refractivity contribution is 5.91. The molecule has 0 saturated carbocycles. The summed E-state index contributed by atoms with van der Waals surface area (Å²) in [4.78, 5) is 21.2. The van der Waals surface area contributed by atoms with Crippen LogP contribution in [0, 0.1) is 13.8 Å². The maximum absolute atomic E-state index is 11.9. The second-order valence-corrected chi connectivity index (χ2v) is 8.81. The number of aryl methyl sites for hydroxylation is 2. The fraction of sp³-hybridized carbons (Fsp3) is 0.241. The molecule has 0 aliphatic heterocycles. The second kappa shape index (κ2) is 10.4. The minimum atomic E-state index is -1.06. The van der Waals surface area contributed by atoms with Crippen molar-refractivity contribution in [3.8, 4) is 28.3 Å². The van der Waals surface area contributed by atoms with E-state index in [1.54, 1.807) is 6.20 Å². The van der Waals surface area contributed by atoms with Crippen molar-refractivity contribution in [2.24, 2.45) is 0 Å². The molecule has 5 aromatic rings. The van der Waals surface area contributed by atoms with E-state index in [1.165, 1.54) is 12.1 Å². The van der Waals surface area contributed by atoms with Crippen LogP contribution >= 0.6 is 0 Å². The van der Waals surface area contributed by atoms with Gasteiger partial charge in [-0.2, -0.15) is 0 Å². The lowest BCUT2D eigenvalue weighted by atomic mass is 10.0. The van der Waals surface area contributed by atoms with E-state index in [4.69, 9.17) is 19.0 Å². The predicted molar refractivity (Wildman–Crippen MR) is 142 cm³/mol. The standard InChI is InChI=1S/C29H28N4O5/c1-5-36-24-13-19(29(34)35)14-25(37-6-2)28(24)33-16-21(11-22-9-7-8-10-30-22)27-23(33)12-20(15-31-27)26-17(3)32-38-18(26)4/h7-10,12-16H,5-6,11H2,1-4H3,(H,34,35). The van der Waals surface area contributed by atoms with Crippen LogP contribution in [0.25, 0.3) is 27.8 Å². The van der Waals surface area contributed by atoms with Crippen molar-refractivity contribution < 1.29 is 23.9 Å². The van der Waals surface area contributed by atoms with E-state index in [2.05, 4.69) is 10.1 Å². The molecule has 0 amide bonds. The third-order valence-corrected chi connectivity index (χ3v) is 6.26. The molecule has 0 saturated heterocycles. The summed E-state index contributed by atoms with van der Waals surface area (Å²) < 4.78 is 19.3. The van der Waals surface area contributed by atoms with Gasteiger partial charge in [0.25, 0.3) is 0 Å². The van der Waals surface area contributed by atoms with Crippen LogP contribution in [0.15, 0.2) is 59.5 Å². The molecule has 9 heteroatoms. The molecule has 0 fully saturated rings. The largest absolute Gasteiger partial charge is 0.492 e. The lowest BCUT2D eigenvalue weighted by Crippen LogP contribution is -2.07. The van der Waals surface area contributed by atoms with E-state index in [9.17, 15) is 9.90 Å². The molecule has 38 heavy (non-hydrogen) atoms. The van der Waals surface area contributed by atoms with E-state index >= 15 is 0 Å². The average molecular weight is 513 g/mol. The van der Waals surface area contributed by atoms with E-state index in [0.29, 0.717) is 42.6 Å². The zero-order valence-electron chi connectivity index (χ0n) is 21.7. The van der Waals surface area contributed by atoms with Crippen molar-refractivity contribution in [3.05, 3.63) is 83.3 Å². The number of pyridine rings is 2. The van der Waals surface area contributed by atoms with Crippen LogP contribution in [0.2, 0.25) is 0 Å². The maximum atomic E-state index is 11.9. The topological polar surface area (TPSA) is 113 Å². The van der Waals surface area contributed by atoms with Crippen molar-refractivity contribution >= 4 is 17.0 Å². The van der Waals surface area contributed by atoms with Gasteiger partial charge in [-0.15, -0.1) is 0 Å². The third kappa shape index (κ3) is 4.58. The van der Waals surface area contributed by atoms with E-state index in [-0.39, 0.29) is 5.56 Å². The van der Waals surface area contributed by atoms with Gasteiger partial charge in [0.1, 0.15) is 22.9 Å². The Morgan fingerprint density at radius 3 is 2.37 bits per heavy atom. The first-order chi connectivity index (χ1) is 18.4. The Kier molecular flexibility index (Phi) is 6.83. The summed E-state index contributed by atoms with van der Waals surface area (Å²) in [5.41, 5.74) is 6.65. The van der Waals surface area contributed by atoms with Crippen molar-refractivity contribution in [2.45, 2.75) is 34.1 Å². The van der Waals surface area contributed by atoms with Crippen molar-refractivity contribution in [1.29, 1.82) is 0 Å². The van der Waals surface area contributed by atoms with Crippen LogP contribution in [0.5, 0.6) is 11.5 Å². The number of fused-ring (bicyclic) bond motifs is 1. The molecule has 0 aliphatic rings. The number of ether oxygens (including phenoxy) is 2. The number of aromatic nitrogens is 4. The molecule has 0 spiro atoms. The monoisotopic (exact) mass is 512 g/mol. The van der Waals surface area contributed by atoms with Crippen LogP contribution in [0.1, 0.15) is 46.9 Å². The number of benzene rings is 1. The Bertz CT molecular complexity index is 1570. The molecule has 0 atom stereocenters. The van der Waals surface area contributed by atoms with Gasteiger partial charge in [-0.25, -0.2) is 4.79 Å². The number of carbonyl (C=O) groups is 1. The van der Waals surface area contributed by atoms with Gasteiger partial charge in [0.15, 0.2) is 0 Å². The number of hydrogen-bond donors (Lipinski definition) is 1. The molecule has 0 bridgehead atoms. The van der Waals surface area contributed by atoms with E-state index < -0.39 is 5.97 Å². The first-order valence-electron chi connectivity index (χ1n) is 12.4. The molecule has 4 heterocycles. The smallest absolute Gasteiger partial charge is 0.335 e. The Labute approximate surface area is 219 Å². The molecule has 1 aromatic carbocycles. The minimum Gasteiger partial charge on any atom is -0.492 e. The molecule has 0 unspecified atom stereocenters. The molecular weight excluding hydrogens is 484 g/mol. The Morgan fingerprint density at radius 1 is 1.05 bits per heavy atom. The summed E-state index contributed by atoms with van der Waals surface area (Å²) >= 11 is 0. The Balaban J connectivity index is 1.80. The Morgan fingerprint density at radius 2 is 1.79 bits per heavy atom. The third-order valence-electron chi connectivity index (χ3n) is 6.26. The van der Waals surface area contributed by atoms with Crippen LogP contribution in [0.3, 0.4) is 0 Å². The molecular formula is C29H28N4O5. The summed E-state index contributed by atoms with van der Waals surface area (Å²) in [5, 5.41) is 13.8. The van der Waals surface area contributed by atoms with Gasteiger partial charge in [0, 0.05) is 47.4 Å². The Hall–Kier alpha value is -4.66. The van der Waals surface area contributed by atoms with Crippen LogP contribution in [0.4, 0.5) is 0 Å². The van der Waals surface area contributed by atoms with Gasteiger partial charge >= 0.3 is 5.97 Å². The lowest BCUT2D eigenvalue weighted by molar-refractivity contribution is 0.0695. The number of hydrogen-bond acceptors (Lipinski definition) is 7. The summed E-state index contributed by atoms with van der Waals surface area (Å²) in [6.07, 6.45) is 6.14. The fourth-order valence-corrected chi connectivity index (χ4v) is 4.69. The summed E-state index contributed by atoms with van der Waals surface area (Å²) in [6.45, 7) is 8.18. The first-order valence-corrected chi connectivity index (χ1v) is 12.4. The summed E-state index contributed by atoms with van der Waals surface area (Å²) in [6, 6.07) is 10.9. The first kappa shape index (κ1) is 25.0.